The molecule has 2 heterocycles. The van der Waals surface area contributed by atoms with Crippen molar-refractivity contribution in [3.05, 3.63) is 45.1 Å². The molecule has 0 aliphatic rings. The van der Waals surface area contributed by atoms with E-state index in [2.05, 4.69) is 15.3 Å². The van der Waals surface area contributed by atoms with Gasteiger partial charge in [-0.25, -0.2) is 9.78 Å². The average molecular weight is 312 g/mol. The summed E-state index contributed by atoms with van der Waals surface area (Å²) in [5, 5.41) is 13.9. The maximum atomic E-state index is 11.8. The van der Waals surface area contributed by atoms with Gasteiger partial charge in [-0.2, -0.15) is 0 Å². The molecule has 0 unspecified atom stereocenters. The third-order valence-electron chi connectivity index (χ3n) is 2.41. The molecule has 0 aromatic carbocycles. The van der Waals surface area contributed by atoms with Gasteiger partial charge in [-0.3, -0.25) is 9.78 Å². The largest absolute Gasteiger partial charge is 0.476 e. The number of aromatic carboxylic acids is 1. The van der Waals surface area contributed by atoms with E-state index in [1.165, 1.54) is 35.2 Å². The number of hydrogen-bond acceptors (Lipinski definition) is 5. The third-order valence-corrected chi connectivity index (χ3v) is 3.62. The lowest BCUT2D eigenvalue weighted by Crippen LogP contribution is -2.26. The minimum Gasteiger partial charge on any atom is -0.476 e. The van der Waals surface area contributed by atoms with Crippen molar-refractivity contribution in [2.75, 3.05) is 6.54 Å². The van der Waals surface area contributed by atoms with Crippen LogP contribution in [0.4, 0.5) is 0 Å². The van der Waals surface area contributed by atoms with E-state index in [-0.39, 0.29) is 16.6 Å². The second kappa shape index (κ2) is 6.44. The predicted molar refractivity (Wildman–Crippen MR) is 74.4 cm³/mol. The van der Waals surface area contributed by atoms with Gasteiger partial charge in [0.15, 0.2) is 5.69 Å². The molecule has 104 valence electrons. The molecule has 0 saturated heterocycles. The standard InChI is InChI=1S/C12H10ClN3O3S/c13-8-5-14-3-1-7(8)11(17)15-4-2-10-16-9(6-20-10)12(18)19/h1,3,5-6H,2,4H2,(H,15,17)(H,18,19). The molecule has 8 heteroatoms. The maximum absolute atomic E-state index is 11.8. The highest BCUT2D eigenvalue weighted by Gasteiger charge is 2.11. The molecule has 0 aliphatic heterocycles. The Morgan fingerprint density at radius 1 is 1.45 bits per heavy atom. The molecule has 0 radical (unpaired) electrons. The Morgan fingerprint density at radius 2 is 2.25 bits per heavy atom. The van der Waals surface area contributed by atoms with Gasteiger partial charge in [-0.1, -0.05) is 11.6 Å². The molecule has 2 rings (SSSR count). The lowest BCUT2D eigenvalue weighted by Gasteiger charge is -2.04. The van der Waals surface area contributed by atoms with Gasteiger partial charge in [0, 0.05) is 30.7 Å². The van der Waals surface area contributed by atoms with E-state index in [4.69, 9.17) is 16.7 Å². The number of carbonyl (C=O) groups is 2. The molecule has 0 atom stereocenters. The summed E-state index contributed by atoms with van der Waals surface area (Å²) in [4.78, 5) is 30.2. The van der Waals surface area contributed by atoms with Crippen molar-refractivity contribution in [2.45, 2.75) is 6.42 Å². The van der Waals surface area contributed by atoms with Gasteiger partial charge in [-0.15, -0.1) is 11.3 Å². The second-order valence-electron chi connectivity index (χ2n) is 3.79. The van der Waals surface area contributed by atoms with E-state index in [0.717, 1.165) is 0 Å². The molecule has 2 aromatic rings. The van der Waals surface area contributed by atoms with Crippen LogP contribution in [0.15, 0.2) is 23.8 Å². The first-order chi connectivity index (χ1) is 9.58. The molecule has 6 nitrogen and oxygen atoms in total. The number of hydrogen-bond donors (Lipinski definition) is 2. The Morgan fingerprint density at radius 3 is 2.90 bits per heavy atom. The van der Waals surface area contributed by atoms with E-state index in [0.29, 0.717) is 23.5 Å². The van der Waals surface area contributed by atoms with Crippen LogP contribution < -0.4 is 5.32 Å². The Hall–Kier alpha value is -1.99. The highest BCUT2D eigenvalue weighted by Crippen LogP contribution is 2.13. The van der Waals surface area contributed by atoms with Crippen LogP contribution in [-0.2, 0) is 6.42 Å². The van der Waals surface area contributed by atoms with Crippen LogP contribution >= 0.6 is 22.9 Å². The molecule has 0 fully saturated rings. The summed E-state index contributed by atoms with van der Waals surface area (Å²) in [6, 6.07) is 1.53. The number of rotatable bonds is 5. The topological polar surface area (TPSA) is 92.2 Å². The number of amides is 1. The van der Waals surface area contributed by atoms with Crippen molar-refractivity contribution in [1.29, 1.82) is 0 Å². The van der Waals surface area contributed by atoms with Crippen LogP contribution in [0, 0.1) is 0 Å². The molecule has 20 heavy (non-hydrogen) atoms. The first-order valence-corrected chi connectivity index (χ1v) is 6.89. The number of nitrogens with one attached hydrogen (secondary N) is 1. The number of aromatic nitrogens is 2. The molecule has 0 aliphatic carbocycles. The van der Waals surface area contributed by atoms with E-state index in [1.54, 1.807) is 0 Å². The van der Waals surface area contributed by atoms with E-state index in [9.17, 15) is 9.59 Å². The number of thiazole rings is 1. The zero-order valence-electron chi connectivity index (χ0n) is 10.2. The molecule has 1 amide bonds. The van der Waals surface area contributed by atoms with Crippen molar-refractivity contribution < 1.29 is 14.7 Å². The normalized spacial score (nSPS) is 10.2. The van der Waals surface area contributed by atoms with Crippen LogP contribution in [0.1, 0.15) is 25.9 Å². The summed E-state index contributed by atoms with van der Waals surface area (Å²) in [5.74, 6) is -1.35. The second-order valence-corrected chi connectivity index (χ2v) is 5.14. The summed E-state index contributed by atoms with van der Waals surface area (Å²) in [7, 11) is 0. The monoisotopic (exact) mass is 311 g/mol. The number of carbonyl (C=O) groups excluding carboxylic acids is 1. The van der Waals surface area contributed by atoms with Crippen molar-refractivity contribution in [1.82, 2.24) is 15.3 Å². The Kier molecular flexibility index (Phi) is 4.65. The smallest absolute Gasteiger partial charge is 0.355 e. The molecular formula is C12H10ClN3O3S. The number of pyridine rings is 1. The van der Waals surface area contributed by atoms with Gasteiger partial charge in [-0.05, 0) is 6.07 Å². The quantitative estimate of drug-likeness (QED) is 0.879. The minimum atomic E-state index is -1.06. The highest BCUT2D eigenvalue weighted by molar-refractivity contribution is 7.09. The fourth-order valence-electron chi connectivity index (χ4n) is 1.46. The van der Waals surface area contributed by atoms with E-state index in [1.807, 2.05) is 0 Å². The summed E-state index contributed by atoms with van der Waals surface area (Å²) in [5.41, 5.74) is 0.375. The van der Waals surface area contributed by atoms with Gasteiger partial charge in [0.2, 0.25) is 0 Å². The van der Waals surface area contributed by atoms with Crippen LogP contribution in [0.25, 0.3) is 0 Å². The van der Waals surface area contributed by atoms with Crippen molar-refractivity contribution in [2.24, 2.45) is 0 Å². The first kappa shape index (κ1) is 14.4. The van der Waals surface area contributed by atoms with Gasteiger partial charge in [0.25, 0.3) is 5.91 Å². The lowest BCUT2D eigenvalue weighted by atomic mass is 10.2. The number of carboxylic acid groups (broad SMARTS) is 1. The summed E-state index contributed by atoms with van der Waals surface area (Å²) < 4.78 is 0. The van der Waals surface area contributed by atoms with Gasteiger partial charge in [0.1, 0.15) is 0 Å². The molecule has 2 aromatic heterocycles. The Bertz CT molecular complexity index is 644. The van der Waals surface area contributed by atoms with Gasteiger partial charge in [0.05, 0.1) is 15.6 Å². The zero-order valence-corrected chi connectivity index (χ0v) is 11.7. The zero-order chi connectivity index (χ0) is 14.5. The SMILES string of the molecule is O=C(O)c1csc(CCNC(=O)c2ccncc2Cl)n1. The van der Waals surface area contributed by atoms with Crippen molar-refractivity contribution in [3.63, 3.8) is 0 Å². The molecule has 2 N–H and O–H groups in total. The summed E-state index contributed by atoms with van der Waals surface area (Å²) in [6.45, 7) is 0.351. The average Bonchev–Trinajstić information content (AvgIpc) is 2.88. The minimum absolute atomic E-state index is 0.0218. The Balaban J connectivity index is 1.88. The third kappa shape index (κ3) is 3.52. The fourth-order valence-corrected chi connectivity index (χ4v) is 2.44. The first-order valence-electron chi connectivity index (χ1n) is 5.63. The Labute approximate surface area is 123 Å². The molecule has 0 spiro atoms. The molecule has 0 saturated carbocycles. The summed E-state index contributed by atoms with van der Waals surface area (Å²) in [6.07, 6.45) is 3.35. The van der Waals surface area contributed by atoms with Crippen LogP contribution in [0.5, 0.6) is 0 Å². The fraction of sp³-hybridized carbons (Fsp3) is 0.167. The predicted octanol–water partition coefficient (Wildman–Crippen LogP) is 1.86. The van der Waals surface area contributed by atoms with Crippen molar-refractivity contribution in [3.8, 4) is 0 Å². The van der Waals surface area contributed by atoms with Gasteiger partial charge < -0.3 is 10.4 Å². The highest BCUT2D eigenvalue weighted by atomic mass is 35.5. The van der Waals surface area contributed by atoms with Crippen LogP contribution in [-0.4, -0.2) is 33.5 Å². The van der Waals surface area contributed by atoms with Crippen LogP contribution in [0.2, 0.25) is 5.02 Å². The van der Waals surface area contributed by atoms with Crippen LogP contribution in [0.3, 0.4) is 0 Å². The van der Waals surface area contributed by atoms with Crippen molar-refractivity contribution >= 4 is 34.8 Å². The molecular weight excluding hydrogens is 302 g/mol. The number of carboxylic acids is 1. The lowest BCUT2D eigenvalue weighted by molar-refractivity contribution is 0.0690. The van der Waals surface area contributed by atoms with Gasteiger partial charge >= 0.3 is 5.97 Å². The maximum Gasteiger partial charge on any atom is 0.355 e. The van der Waals surface area contributed by atoms with E-state index >= 15 is 0 Å². The number of halogens is 1. The van der Waals surface area contributed by atoms with E-state index < -0.39 is 5.97 Å². The molecule has 0 bridgehead atoms. The summed E-state index contributed by atoms with van der Waals surface area (Å²) >= 11 is 7.10. The number of nitrogens with zero attached hydrogens (tertiary/aromatic N) is 2.